The molecule has 0 aromatic carbocycles. The lowest BCUT2D eigenvalue weighted by Gasteiger charge is -2.36. The first-order valence-corrected chi connectivity index (χ1v) is 7.15. The van der Waals surface area contributed by atoms with Crippen molar-refractivity contribution in [2.24, 2.45) is 0 Å². The van der Waals surface area contributed by atoms with Gasteiger partial charge in [0.1, 0.15) is 0 Å². The van der Waals surface area contributed by atoms with E-state index in [1.807, 2.05) is 24.5 Å². The van der Waals surface area contributed by atoms with Crippen molar-refractivity contribution < 1.29 is 0 Å². The molecule has 0 saturated carbocycles. The molecule has 104 valence electrons. The SMILES string of the molecule is Clc1cnccc1CN1CCNCC1c1cccnc1. The van der Waals surface area contributed by atoms with Crippen LogP contribution in [0.15, 0.2) is 43.0 Å². The molecule has 1 fully saturated rings. The third kappa shape index (κ3) is 2.98. The van der Waals surface area contributed by atoms with Crippen LogP contribution in [0.3, 0.4) is 0 Å². The van der Waals surface area contributed by atoms with Gasteiger partial charge in [0, 0.05) is 57.0 Å². The predicted octanol–water partition coefficient (Wildman–Crippen LogP) is 2.28. The van der Waals surface area contributed by atoms with Gasteiger partial charge in [0.2, 0.25) is 0 Å². The highest BCUT2D eigenvalue weighted by atomic mass is 35.5. The van der Waals surface area contributed by atoms with Gasteiger partial charge in [0.05, 0.1) is 5.02 Å². The Morgan fingerprint density at radius 2 is 2.15 bits per heavy atom. The third-order valence-corrected chi connectivity index (χ3v) is 3.99. The molecule has 0 aliphatic carbocycles. The van der Waals surface area contributed by atoms with Gasteiger partial charge in [0.15, 0.2) is 0 Å². The zero-order valence-electron chi connectivity index (χ0n) is 11.2. The summed E-state index contributed by atoms with van der Waals surface area (Å²) >= 11 is 6.22. The van der Waals surface area contributed by atoms with E-state index in [1.54, 1.807) is 12.4 Å². The zero-order valence-corrected chi connectivity index (χ0v) is 11.9. The normalized spacial score (nSPS) is 19.9. The first kappa shape index (κ1) is 13.5. The number of piperazine rings is 1. The predicted molar refractivity (Wildman–Crippen MR) is 79.5 cm³/mol. The summed E-state index contributed by atoms with van der Waals surface area (Å²) in [6, 6.07) is 6.44. The lowest BCUT2D eigenvalue weighted by atomic mass is 10.0. The van der Waals surface area contributed by atoms with Crippen molar-refractivity contribution in [1.82, 2.24) is 20.2 Å². The molecule has 3 rings (SSSR count). The van der Waals surface area contributed by atoms with Crippen molar-refractivity contribution in [3.8, 4) is 0 Å². The number of aromatic nitrogens is 2. The highest BCUT2D eigenvalue weighted by Crippen LogP contribution is 2.25. The average Bonchev–Trinajstić information content (AvgIpc) is 2.51. The van der Waals surface area contributed by atoms with Gasteiger partial charge < -0.3 is 5.32 Å². The molecule has 0 radical (unpaired) electrons. The maximum absolute atomic E-state index is 6.22. The van der Waals surface area contributed by atoms with E-state index in [0.29, 0.717) is 6.04 Å². The van der Waals surface area contributed by atoms with Crippen molar-refractivity contribution in [2.75, 3.05) is 19.6 Å². The third-order valence-electron chi connectivity index (χ3n) is 3.65. The molecule has 2 aromatic heterocycles. The first-order chi connectivity index (χ1) is 9.84. The van der Waals surface area contributed by atoms with Crippen LogP contribution in [0.1, 0.15) is 17.2 Å². The van der Waals surface area contributed by atoms with Gasteiger partial charge >= 0.3 is 0 Å². The minimum absolute atomic E-state index is 0.335. The van der Waals surface area contributed by atoms with Gasteiger partial charge in [-0.05, 0) is 23.3 Å². The van der Waals surface area contributed by atoms with E-state index < -0.39 is 0 Å². The van der Waals surface area contributed by atoms with Crippen molar-refractivity contribution in [1.29, 1.82) is 0 Å². The Labute approximate surface area is 123 Å². The fourth-order valence-electron chi connectivity index (χ4n) is 2.59. The summed E-state index contributed by atoms with van der Waals surface area (Å²) < 4.78 is 0. The molecule has 4 nitrogen and oxygen atoms in total. The molecule has 1 aliphatic heterocycles. The number of nitrogens with zero attached hydrogens (tertiary/aromatic N) is 3. The summed E-state index contributed by atoms with van der Waals surface area (Å²) in [4.78, 5) is 10.7. The molecule has 1 aliphatic rings. The van der Waals surface area contributed by atoms with Gasteiger partial charge in [-0.1, -0.05) is 17.7 Å². The Bertz CT molecular complexity index is 561. The molecule has 0 bridgehead atoms. The van der Waals surface area contributed by atoms with Crippen LogP contribution in [0, 0.1) is 0 Å². The second kappa shape index (κ2) is 6.31. The van der Waals surface area contributed by atoms with Crippen LogP contribution in [-0.4, -0.2) is 34.5 Å². The zero-order chi connectivity index (χ0) is 13.8. The molecule has 0 spiro atoms. The Morgan fingerprint density at radius 1 is 1.25 bits per heavy atom. The second-order valence-electron chi connectivity index (χ2n) is 4.94. The van der Waals surface area contributed by atoms with E-state index in [9.17, 15) is 0 Å². The average molecular weight is 289 g/mol. The number of halogens is 1. The standard InChI is InChI=1S/C15H17ClN4/c16-14-9-18-5-3-13(14)11-20-7-6-19-10-15(20)12-2-1-4-17-8-12/h1-5,8-9,15,19H,6-7,10-11H2. The van der Waals surface area contributed by atoms with E-state index in [4.69, 9.17) is 11.6 Å². The van der Waals surface area contributed by atoms with Crippen LogP contribution >= 0.6 is 11.6 Å². The lowest BCUT2D eigenvalue weighted by molar-refractivity contribution is 0.153. The molecule has 1 unspecified atom stereocenters. The monoisotopic (exact) mass is 288 g/mol. The molecule has 1 atom stereocenters. The molecule has 3 heterocycles. The second-order valence-corrected chi connectivity index (χ2v) is 5.35. The maximum atomic E-state index is 6.22. The first-order valence-electron chi connectivity index (χ1n) is 6.77. The Hall–Kier alpha value is -1.49. The fourth-order valence-corrected chi connectivity index (χ4v) is 2.77. The summed E-state index contributed by atoms with van der Waals surface area (Å²) in [6.07, 6.45) is 7.25. The molecule has 1 N–H and O–H groups in total. The number of hydrogen-bond acceptors (Lipinski definition) is 4. The Kier molecular flexibility index (Phi) is 4.25. The maximum Gasteiger partial charge on any atom is 0.0634 e. The van der Waals surface area contributed by atoms with Crippen molar-refractivity contribution in [3.63, 3.8) is 0 Å². The molecular formula is C15H17ClN4. The quantitative estimate of drug-likeness (QED) is 0.941. The van der Waals surface area contributed by atoms with Crippen LogP contribution in [0.25, 0.3) is 0 Å². The minimum atomic E-state index is 0.335. The summed E-state index contributed by atoms with van der Waals surface area (Å²) in [7, 11) is 0. The summed E-state index contributed by atoms with van der Waals surface area (Å²) in [5.74, 6) is 0. The van der Waals surface area contributed by atoms with E-state index >= 15 is 0 Å². The molecule has 20 heavy (non-hydrogen) atoms. The van der Waals surface area contributed by atoms with E-state index in [1.165, 1.54) is 5.56 Å². The van der Waals surface area contributed by atoms with Crippen molar-refractivity contribution >= 4 is 11.6 Å². The van der Waals surface area contributed by atoms with E-state index in [2.05, 4.69) is 26.3 Å². The van der Waals surface area contributed by atoms with Crippen LogP contribution < -0.4 is 5.32 Å². The van der Waals surface area contributed by atoms with Crippen LogP contribution in [0.2, 0.25) is 5.02 Å². The van der Waals surface area contributed by atoms with Crippen LogP contribution in [-0.2, 0) is 6.54 Å². The van der Waals surface area contributed by atoms with Crippen molar-refractivity contribution in [2.45, 2.75) is 12.6 Å². The molecular weight excluding hydrogens is 272 g/mol. The van der Waals surface area contributed by atoms with Crippen LogP contribution in [0.4, 0.5) is 0 Å². The smallest absolute Gasteiger partial charge is 0.0634 e. The van der Waals surface area contributed by atoms with E-state index in [0.717, 1.165) is 36.8 Å². The van der Waals surface area contributed by atoms with Gasteiger partial charge in [-0.15, -0.1) is 0 Å². The Balaban J connectivity index is 1.81. The molecule has 0 amide bonds. The van der Waals surface area contributed by atoms with Crippen molar-refractivity contribution in [3.05, 3.63) is 59.1 Å². The number of hydrogen-bond donors (Lipinski definition) is 1. The molecule has 1 saturated heterocycles. The van der Waals surface area contributed by atoms with E-state index in [-0.39, 0.29) is 0 Å². The molecule has 5 heteroatoms. The van der Waals surface area contributed by atoms with Gasteiger partial charge in [0.25, 0.3) is 0 Å². The highest BCUT2D eigenvalue weighted by Gasteiger charge is 2.24. The summed E-state index contributed by atoms with van der Waals surface area (Å²) in [5, 5.41) is 4.18. The van der Waals surface area contributed by atoms with Gasteiger partial charge in [-0.2, -0.15) is 0 Å². The Morgan fingerprint density at radius 3 is 2.95 bits per heavy atom. The molecule has 2 aromatic rings. The number of pyridine rings is 2. The topological polar surface area (TPSA) is 41.1 Å². The van der Waals surface area contributed by atoms with Crippen LogP contribution in [0.5, 0.6) is 0 Å². The minimum Gasteiger partial charge on any atom is -0.314 e. The lowest BCUT2D eigenvalue weighted by Crippen LogP contribution is -2.45. The summed E-state index contributed by atoms with van der Waals surface area (Å²) in [6.45, 7) is 3.77. The van der Waals surface area contributed by atoms with Gasteiger partial charge in [-0.3, -0.25) is 14.9 Å². The summed E-state index contributed by atoms with van der Waals surface area (Å²) in [5.41, 5.74) is 2.36. The van der Waals surface area contributed by atoms with Gasteiger partial charge in [-0.25, -0.2) is 0 Å². The number of nitrogens with one attached hydrogen (secondary N) is 1. The largest absolute Gasteiger partial charge is 0.314 e. The highest BCUT2D eigenvalue weighted by molar-refractivity contribution is 6.31. The fraction of sp³-hybridized carbons (Fsp3) is 0.333. The number of rotatable bonds is 3.